The van der Waals surface area contributed by atoms with E-state index in [4.69, 9.17) is 0 Å². The molecule has 2 atom stereocenters. The van der Waals surface area contributed by atoms with E-state index in [0.717, 1.165) is 6.04 Å². The van der Waals surface area contributed by atoms with Crippen LogP contribution in [0.2, 0.25) is 0 Å². The summed E-state index contributed by atoms with van der Waals surface area (Å²) in [6, 6.07) is 0.814. The van der Waals surface area contributed by atoms with E-state index in [1.807, 2.05) is 0 Å². The van der Waals surface area contributed by atoms with Gasteiger partial charge in [0.15, 0.2) is 0 Å². The monoisotopic (exact) mass is 183 g/mol. The third-order valence-electron chi connectivity index (χ3n) is 3.19. The van der Waals surface area contributed by atoms with Gasteiger partial charge in [0.2, 0.25) is 0 Å². The number of likely N-dealkylation sites (N-methyl/N-ethyl adjacent to an activating group) is 1. The maximum absolute atomic E-state index is 2.63. The number of fused-ring (bicyclic) bond motifs is 2. The second-order valence-corrected chi connectivity index (χ2v) is 4.27. The summed E-state index contributed by atoms with van der Waals surface area (Å²) in [5, 5.41) is 0. The Morgan fingerprint density at radius 2 is 2.00 bits per heavy atom. The first-order valence-corrected chi connectivity index (χ1v) is 5.52. The lowest BCUT2D eigenvalue weighted by molar-refractivity contribution is 0.122. The van der Waals surface area contributed by atoms with Crippen LogP contribution in [0.25, 0.3) is 0 Å². The largest absolute Gasteiger partial charge is 0.289 e. The predicted molar refractivity (Wildman–Crippen MR) is 54.5 cm³/mol. The van der Waals surface area contributed by atoms with E-state index >= 15 is 0 Å². The third kappa shape index (κ3) is 1.87. The van der Waals surface area contributed by atoms with Crippen molar-refractivity contribution in [3.05, 3.63) is 0 Å². The zero-order valence-corrected chi connectivity index (χ0v) is 8.87. The smallest absolute Gasteiger partial charge is 0.0522 e. The molecule has 2 unspecified atom stereocenters. The molecule has 0 saturated carbocycles. The summed E-state index contributed by atoms with van der Waals surface area (Å²) in [4.78, 5) is 7.74. The van der Waals surface area contributed by atoms with Gasteiger partial charge in [-0.05, 0) is 19.5 Å². The van der Waals surface area contributed by atoms with Crippen LogP contribution in [0.1, 0.15) is 20.3 Å². The highest BCUT2D eigenvalue weighted by Crippen LogP contribution is 2.19. The highest BCUT2D eigenvalue weighted by atomic mass is 15.5. The Morgan fingerprint density at radius 1 is 1.15 bits per heavy atom. The molecule has 2 saturated heterocycles. The van der Waals surface area contributed by atoms with Gasteiger partial charge in [-0.3, -0.25) is 14.7 Å². The average molecular weight is 183 g/mol. The van der Waals surface area contributed by atoms with Gasteiger partial charge in [-0.15, -0.1) is 0 Å². The molecule has 2 aliphatic rings. The van der Waals surface area contributed by atoms with Crippen molar-refractivity contribution in [3.63, 3.8) is 0 Å². The van der Waals surface area contributed by atoms with Crippen LogP contribution in [0.5, 0.6) is 0 Å². The zero-order valence-electron chi connectivity index (χ0n) is 8.87. The van der Waals surface area contributed by atoms with E-state index in [1.54, 1.807) is 0 Å². The van der Waals surface area contributed by atoms with Gasteiger partial charge in [0.05, 0.1) is 13.3 Å². The lowest BCUT2D eigenvalue weighted by atomic mass is 10.2. The lowest BCUT2D eigenvalue weighted by Crippen LogP contribution is -2.47. The third-order valence-corrected chi connectivity index (χ3v) is 3.19. The second-order valence-electron chi connectivity index (χ2n) is 4.27. The van der Waals surface area contributed by atoms with Gasteiger partial charge < -0.3 is 0 Å². The lowest BCUT2D eigenvalue weighted by Gasteiger charge is -2.32. The van der Waals surface area contributed by atoms with E-state index in [-0.39, 0.29) is 0 Å². The SMILES string of the molecule is CCCN1CN2CC1CN(CC)C2. The molecule has 0 radical (unpaired) electrons. The maximum Gasteiger partial charge on any atom is 0.0522 e. The van der Waals surface area contributed by atoms with E-state index in [0.29, 0.717) is 0 Å². The minimum atomic E-state index is 0.814. The fourth-order valence-electron chi connectivity index (χ4n) is 2.53. The molecule has 13 heavy (non-hydrogen) atoms. The normalized spacial score (nSPS) is 35.5. The molecule has 0 aliphatic carbocycles. The fraction of sp³-hybridized carbons (Fsp3) is 1.00. The first-order valence-electron chi connectivity index (χ1n) is 5.52. The Morgan fingerprint density at radius 3 is 2.69 bits per heavy atom. The second kappa shape index (κ2) is 3.95. The molecular weight excluding hydrogens is 162 g/mol. The number of rotatable bonds is 3. The Balaban J connectivity index is 1.93. The van der Waals surface area contributed by atoms with Gasteiger partial charge in [-0.25, -0.2) is 0 Å². The Bertz CT molecular complexity index is 172. The molecular formula is C10H21N3. The van der Waals surface area contributed by atoms with E-state index in [1.165, 1.54) is 45.9 Å². The van der Waals surface area contributed by atoms with Crippen LogP contribution in [0.4, 0.5) is 0 Å². The van der Waals surface area contributed by atoms with Crippen LogP contribution >= 0.6 is 0 Å². The van der Waals surface area contributed by atoms with Gasteiger partial charge in [0, 0.05) is 19.1 Å². The van der Waals surface area contributed by atoms with Crippen LogP contribution < -0.4 is 0 Å². The molecule has 0 aromatic heterocycles. The topological polar surface area (TPSA) is 9.72 Å². The Labute approximate surface area is 81.3 Å². The summed E-state index contributed by atoms with van der Waals surface area (Å²) in [6.45, 7) is 12.0. The minimum absolute atomic E-state index is 0.814. The van der Waals surface area contributed by atoms with Crippen LogP contribution in [-0.2, 0) is 0 Å². The quantitative estimate of drug-likeness (QED) is 0.635. The predicted octanol–water partition coefficient (Wildman–Crippen LogP) is 0.633. The number of hydrogen-bond acceptors (Lipinski definition) is 3. The molecule has 2 bridgehead atoms. The Kier molecular flexibility index (Phi) is 2.86. The van der Waals surface area contributed by atoms with Crippen molar-refractivity contribution in [2.45, 2.75) is 26.3 Å². The Hall–Kier alpha value is -0.120. The highest BCUT2D eigenvalue weighted by molar-refractivity contribution is 4.88. The molecule has 2 aliphatic heterocycles. The van der Waals surface area contributed by atoms with Crippen molar-refractivity contribution < 1.29 is 0 Å². The standard InChI is InChI=1S/C10H21N3/c1-3-5-13-9-12-7-10(13)6-11(4-2)8-12/h10H,3-9H2,1-2H3. The first kappa shape index (κ1) is 9.44. The molecule has 2 rings (SSSR count). The zero-order chi connectivity index (χ0) is 9.26. The minimum Gasteiger partial charge on any atom is -0.289 e. The molecule has 76 valence electrons. The van der Waals surface area contributed by atoms with Gasteiger partial charge in [-0.1, -0.05) is 13.8 Å². The maximum atomic E-state index is 2.63. The summed E-state index contributed by atoms with van der Waals surface area (Å²) in [6.07, 6.45) is 1.29. The van der Waals surface area contributed by atoms with Gasteiger partial charge in [0.25, 0.3) is 0 Å². The van der Waals surface area contributed by atoms with Gasteiger partial charge in [-0.2, -0.15) is 0 Å². The van der Waals surface area contributed by atoms with E-state index in [2.05, 4.69) is 28.5 Å². The summed E-state index contributed by atoms with van der Waals surface area (Å²) >= 11 is 0. The summed E-state index contributed by atoms with van der Waals surface area (Å²) in [5.74, 6) is 0. The molecule has 2 heterocycles. The number of nitrogens with zero attached hydrogens (tertiary/aromatic N) is 3. The molecule has 0 aromatic carbocycles. The number of hydrogen-bond donors (Lipinski definition) is 0. The summed E-state index contributed by atoms with van der Waals surface area (Å²) in [5.41, 5.74) is 0. The van der Waals surface area contributed by atoms with E-state index < -0.39 is 0 Å². The molecule has 0 amide bonds. The van der Waals surface area contributed by atoms with Crippen molar-refractivity contribution in [2.24, 2.45) is 0 Å². The van der Waals surface area contributed by atoms with Crippen molar-refractivity contribution in [1.29, 1.82) is 0 Å². The van der Waals surface area contributed by atoms with Crippen molar-refractivity contribution in [2.75, 3.05) is 39.5 Å². The summed E-state index contributed by atoms with van der Waals surface area (Å²) < 4.78 is 0. The fourth-order valence-corrected chi connectivity index (χ4v) is 2.53. The van der Waals surface area contributed by atoms with Crippen molar-refractivity contribution >= 4 is 0 Å². The molecule has 0 N–H and O–H groups in total. The molecule has 0 aromatic rings. The molecule has 0 spiro atoms. The average Bonchev–Trinajstić information content (AvgIpc) is 2.42. The van der Waals surface area contributed by atoms with Gasteiger partial charge >= 0.3 is 0 Å². The molecule has 2 fully saturated rings. The first-order chi connectivity index (χ1) is 6.33. The van der Waals surface area contributed by atoms with Crippen molar-refractivity contribution in [3.8, 4) is 0 Å². The van der Waals surface area contributed by atoms with E-state index in [9.17, 15) is 0 Å². The summed E-state index contributed by atoms with van der Waals surface area (Å²) in [7, 11) is 0. The van der Waals surface area contributed by atoms with Crippen LogP contribution in [0.3, 0.4) is 0 Å². The van der Waals surface area contributed by atoms with Crippen LogP contribution in [0.15, 0.2) is 0 Å². The molecule has 3 nitrogen and oxygen atoms in total. The molecule has 3 heteroatoms. The van der Waals surface area contributed by atoms with Gasteiger partial charge in [0.1, 0.15) is 0 Å². The van der Waals surface area contributed by atoms with Crippen LogP contribution in [-0.4, -0.2) is 60.3 Å². The van der Waals surface area contributed by atoms with Crippen molar-refractivity contribution in [1.82, 2.24) is 14.7 Å². The highest BCUT2D eigenvalue weighted by Gasteiger charge is 2.35. The van der Waals surface area contributed by atoms with Crippen LogP contribution in [0, 0.1) is 0 Å².